The molecule has 106 valence electrons. The fourth-order valence-corrected chi connectivity index (χ4v) is 1.83. The molecule has 0 atom stereocenters. The minimum Gasteiger partial charge on any atom is -0.483 e. The summed E-state index contributed by atoms with van der Waals surface area (Å²) >= 11 is 5.97. The molecule has 0 aromatic heterocycles. The van der Waals surface area contributed by atoms with Crippen molar-refractivity contribution < 1.29 is 14.6 Å². The Hall–Kier alpha value is -1.26. The molecule has 0 aliphatic rings. The van der Waals surface area contributed by atoms with E-state index in [0.29, 0.717) is 10.8 Å². The maximum absolute atomic E-state index is 11.8. The number of rotatable bonds is 5. The fourth-order valence-electron chi connectivity index (χ4n) is 1.66. The second kappa shape index (κ2) is 6.26. The Balaban J connectivity index is 2.57. The summed E-state index contributed by atoms with van der Waals surface area (Å²) in [7, 11) is 1.63. The first-order chi connectivity index (χ1) is 8.70. The van der Waals surface area contributed by atoms with Crippen LogP contribution in [-0.2, 0) is 4.79 Å². The third-order valence-electron chi connectivity index (χ3n) is 2.62. The third-order valence-corrected chi connectivity index (χ3v) is 3.03. The van der Waals surface area contributed by atoms with Crippen LogP contribution in [0.1, 0.15) is 19.4 Å². The molecule has 0 heterocycles. The number of aliphatic hydroxyl groups is 1. The van der Waals surface area contributed by atoms with Crippen LogP contribution >= 0.6 is 11.6 Å². The number of carbonyl (C=O) groups is 1. The molecule has 1 rings (SSSR count). The molecule has 4 nitrogen and oxygen atoms in total. The zero-order valence-corrected chi connectivity index (χ0v) is 12.5. The van der Waals surface area contributed by atoms with Gasteiger partial charge in [-0.1, -0.05) is 17.7 Å². The Bertz CT molecular complexity index is 454. The van der Waals surface area contributed by atoms with Crippen LogP contribution in [0.5, 0.6) is 5.75 Å². The molecule has 0 bridgehead atoms. The average Bonchev–Trinajstić information content (AvgIpc) is 2.28. The molecule has 1 N–H and O–H groups in total. The quantitative estimate of drug-likeness (QED) is 0.903. The van der Waals surface area contributed by atoms with Crippen LogP contribution < -0.4 is 4.74 Å². The number of likely N-dealkylation sites (N-methyl/N-ethyl adjacent to an activating group) is 1. The van der Waals surface area contributed by atoms with Gasteiger partial charge < -0.3 is 14.7 Å². The number of nitrogens with zero attached hydrogens (tertiary/aromatic N) is 1. The zero-order valence-electron chi connectivity index (χ0n) is 11.7. The molecule has 0 saturated carbocycles. The average molecular weight is 286 g/mol. The number of ether oxygens (including phenoxy) is 1. The first-order valence-corrected chi connectivity index (χ1v) is 6.43. The summed E-state index contributed by atoms with van der Waals surface area (Å²) in [5, 5.41) is 10.3. The van der Waals surface area contributed by atoms with E-state index < -0.39 is 5.60 Å². The van der Waals surface area contributed by atoms with Gasteiger partial charge in [-0.3, -0.25) is 4.79 Å². The van der Waals surface area contributed by atoms with Crippen molar-refractivity contribution in [2.24, 2.45) is 0 Å². The summed E-state index contributed by atoms with van der Waals surface area (Å²) in [4.78, 5) is 13.3. The molecule has 0 aliphatic heterocycles. The number of hydrogen-bond acceptors (Lipinski definition) is 3. The Morgan fingerprint density at radius 3 is 2.68 bits per heavy atom. The van der Waals surface area contributed by atoms with Gasteiger partial charge in [-0.05, 0) is 32.9 Å². The molecule has 1 amide bonds. The van der Waals surface area contributed by atoms with E-state index in [1.165, 1.54) is 4.90 Å². The summed E-state index contributed by atoms with van der Waals surface area (Å²) < 4.78 is 5.46. The Morgan fingerprint density at radius 1 is 1.47 bits per heavy atom. The van der Waals surface area contributed by atoms with Gasteiger partial charge in [-0.15, -0.1) is 0 Å². The number of benzene rings is 1. The molecule has 1 aromatic carbocycles. The van der Waals surface area contributed by atoms with Gasteiger partial charge in [0.2, 0.25) is 0 Å². The van der Waals surface area contributed by atoms with Crippen molar-refractivity contribution in [2.45, 2.75) is 26.4 Å². The molecule has 0 saturated heterocycles. The normalized spacial score (nSPS) is 11.3. The second-order valence-corrected chi connectivity index (χ2v) is 5.62. The van der Waals surface area contributed by atoms with Crippen molar-refractivity contribution in [3.05, 3.63) is 28.8 Å². The number of carbonyl (C=O) groups excluding carboxylic acids is 1. The highest BCUT2D eigenvalue weighted by atomic mass is 35.5. The predicted octanol–water partition coefficient (Wildman–Crippen LogP) is 2.26. The van der Waals surface area contributed by atoms with E-state index in [1.807, 2.05) is 6.92 Å². The minimum atomic E-state index is -0.920. The van der Waals surface area contributed by atoms with E-state index in [-0.39, 0.29) is 19.1 Å². The van der Waals surface area contributed by atoms with E-state index in [9.17, 15) is 9.90 Å². The van der Waals surface area contributed by atoms with Gasteiger partial charge in [0.25, 0.3) is 5.91 Å². The molecule has 0 spiro atoms. The first-order valence-electron chi connectivity index (χ1n) is 6.05. The molecule has 19 heavy (non-hydrogen) atoms. The zero-order chi connectivity index (χ0) is 14.6. The standard InChI is InChI=1S/C14H20ClNO3/c1-10-11(15)6-5-7-12(10)19-8-13(17)16(4)9-14(2,3)18/h5-7,18H,8-9H2,1-4H3. The van der Waals surface area contributed by atoms with Crippen LogP contribution in [0.3, 0.4) is 0 Å². The van der Waals surface area contributed by atoms with Crippen molar-refractivity contribution in [1.29, 1.82) is 0 Å². The predicted molar refractivity (Wildman–Crippen MR) is 75.6 cm³/mol. The van der Waals surface area contributed by atoms with Crippen molar-refractivity contribution in [3.8, 4) is 5.75 Å². The van der Waals surface area contributed by atoms with Crippen LogP contribution in [0.2, 0.25) is 5.02 Å². The van der Waals surface area contributed by atoms with Crippen molar-refractivity contribution in [3.63, 3.8) is 0 Å². The molecular formula is C14H20ClNO3. The summed E-state index contributed by atoms with van der Waals surface area (Å²) in [6.07, 6.45) is 0. The molecular weight excluding hydrogens is 266 g/mol. The fraction of sp³-hybridized carbons (Fsp3) is 0.500. The third kappa shape index (κ3) is 5.09. The van der Waals surface area contributed by atoms with Crippen LogP contribution in [-0.4, -0.2) is 41.7 Å². The maximum Gasteiger partial charge on any atom is 0.260 e. The van der Waals surface area contributed by atoms with E-state index in [2.05, 4.69) is 0 Å². The highest BCUT2D eigenvalue weighted by molar-refractivity contribution is 6.31. The lowest BCUT2D eigenvalue weighted by Crippen LogP contribution is -2.41. The van der Waals surface area contributed by atoms with Crippen molar-refractivity contribution in [2.75, 3.05) is 20.2 Å². The smallest absolute Gasteiger partial charge is 0.260 e. The lowest BCUT2D eigenvalue weighted by atomic mass is 10.1. The molecule has 0 aliphatic carbocycles. The van der Waals surface area contributed by atoms with Gasteiger partial charge in [0, 0.05) is 24.2 Å². The molecule has 1 aromatic rings. The summed E-state index contributed by atoms with van der Waals surface area (Å²) in [5.41, 5.74) is -0.113. The topological polar surface area (TPSA) is 49.8 Å². The Kier molecular flexibility index (Phi) is 5.20. The van der Waals surface area contributed by atoms with E-state index in [1.54, 1.807) is 39.1 Å². The van der Waals surface area contributed by atoms with Gasteiger partial charge in [0.15, 0.2) is 6.61 Å². The lowest BCUT2D eigenvalue weighted by molar-refractivity contribution is -0.134. The van der Waals surface area contributed by atoms with Crippen molar-refractivity contribution in [1.82, 2.24) is 4.90 Å². The van der Waals surface area contributed by atoms with Crippen LogP contribution in [0, 0.1) is 6.92 Å². The summed E-state index contributed by atoms with van der Waals surface area (Å²) in [6, 6.07) is 5.31. The highest BCUT2D eigenvalue weighted by Crippen LogP contribution is 2.24. The van der Waals surface area contributed by atoms with Crippen LogP contribution in [0.15, 0.2) is 18.2 Å². The van der Waals surface area contributed by atoms with Crippen LogP contribution in [0.4, 0.5) is 0 Å². The van der Waals surface area contributed by atoms with E-state index in [4.69, 9.17) is 16.3 Å². The summed E-state index contributed by atoms with van der Waals surface area (Å²) in [6.45, 7) is 5.32. The lowest BCUT2D eigenvalue weighted by Gasteiger charge is -2.25. The van der Waals surface area contributed by atoms with Crippen LogP contribution in [0.25, 0.3) is 0 Å². The SMILES string of the molecule is Cc1c(Cl)cccc1OCC(=O)N(C)CC(C)(C)O. The molecule has 0 fully saturated rings. The number of hydrogen-bond donors (Lipinski definition) is 1. The van der Waals surface area contributed by atoms with Gasteiger partial charge >= 0.3 is 0 Å². The molecule has 5 heteroatoms. The highest BCUT2D eigenvalue weighted by Gasteiger charge is 2.19. The summed E-state index contributed by atoms with van der Waals surface area (Å²) in [5.74, 6) is 0.402. The Morgan fingerprint density at radius 2 is 2.11 bits per heavy atom. The Labute approximate surface area is 118 Å². The number of amides is 1. The van der Waals surface area contributed by atoms with Gasteiger partial charge in [-0.2, -0.15) is 0 Å². The minimum absolute atomic E-state index is 0.0756. The van der Waals surface area contributed by atoms with E-state index >= 15 is 0 Å². The molecule has 0 unspecified atom stereocenters. The monoisotopic (exact) mass is 285 g/mol. The largest absolute Gasteiger partial charge is 0.483 e. The van der Waals surface area contributed by atoms with Crippen molar-refractivity contribution >= 4 is 17.5 Å². The maximum atomic E-state index is 11.8. The number of halogens is 1. The van der Waals surface area contributed by atoms with Gasteiger partial charge in [-0.25, -0.2) is 0 Å². The van der Waals surface area contributed by atoms with Gasteiger partial charge in [0.05, 0.1) is 5.60 Å². The first kappa shape index (κ1) is 15.8. The second-order valence-electron chi connectivity index (χ2n) is 5.21. The molecule has 0 radical (unpaired) electrons. The van der Waals surface area contributed by atoms with E-state index in [0.717, 1.165) is 5.56 Å². The van der Waals surface area contributed by atoms with Gasteiger partial charge in [0.1, 0.15) is 5.75 Å².